The van der Waals surface area contributed by atoms with Crippen LogP contribution >= 0.6 is 0 Å². The van der Waals surface area contributed by atoms with E-state index in [-0.39, 0.29) is 8.85 Å². The molecule has 9 aromatic rings. The molecule has 1 spiro atoms. The second-order valence-corrected chi connectivity index (χ2v) is 14.9. The van der Waals surface area contributed by atoms with Gasteiger partial charge in [0.15, 0.2) is 0 Å². The molecule has 0 fully saturated rings. The SMILES string of the molecule is C.[HH].c1ccc(-c2ccc(N(c3ccc(-c4ccccc4)cc3)c3ccc(-c4ccc5c(c4)C4(c6ccccc6O5)c5ccccc5-c5ccccc54)cc3)cc2)cc1. The van der Waals surface area contributed by atoms with Gasteiger partial charge in [0.05, 0.1) is 5.41 Å². The van der Waals surface area contributed by atoms with E-state index in [2.05, 4.69) is 229 Å². The first kappa shape index (κ1) is 35.0. The molecule has 0 saturated carbocycles. The molecule has 0 atom stereocenters. The standard InChI is InChI=1S/C55H37NO.CH4.H2/c1-3-13-38(14-4-1)40-23-30-44(31-24-40)56(45-32-25-41(26-33-45)39-15-5-2-6-16-39)46-34-27-42(28-35-46)43-29-36-54-52(37-43)55(51-21-11-12-22-53(51)57-54)49-19-9-7-17-47(49)48-18-8-10-20-50(48)55;;/h1-37H;1H4;1H. The van der Waals surface area contributed by atoms with Crippen molar-refractivity contribution >= 4 is 17.1 Å². The van der Waals surface area contributed by atoms with Crippen LogP contribution in [0.15, 0.2) is 224 Å². The molecule has 0 aromatic heterocycles. The minimum Gasteiger partial charge on any atom is -0.457 e. The maximum Gasteiger partial charge on any atom is 0.132 e. The van der Waals surface area contributed by atoms with Crippen LogP contribution in [0.25, 0.3) is 44.5 Å². The average Bonchev–Trinajstić information content (AvgIpc) is 3.58. The second kappa shape index (κ2) is 14.3. The van der Waals surface area contributed by atoms with Crippen LogP contribution in [0.5, 0.6) is 11.5 Å². The molecule has 0 amide bonds. The number of fused-ring (bicyclic) bond motifs is 9. The summed E-state index contributed by atoms with van der Waals surface area (Å²) in [6.45, 7) is 0. The molecule has 1 aliphatic heterocycles. The zero-order chi connectivity index (χ0) is 37.8. The first-order chi connectivity index (χ1) is 28.3. The number of benzene rings is 9. The zero-order valence-electron chi connectivity index (χ0n) is 31.2. The molecule has 11 rings (SSSR count). The van der Waals surface area contributed by atoms with Crippen molar-refractivity contribution in [1.29, 1.82) is 0 Å². The van der Waals surface area contributed by atoms with Gasteiger partial charge >= 0.3 is 0 Å². The molecule has 0 bridgehead atoms. The molecule has 2 heteroatoms. The van der Waals surface area contributed by atoms with E-state index < -0.39 is 5.41 Å². The van der Waals surface area contributed by atoms with Crippen LogP contribution < -0.4 is 9.64 Å². The summed E-state index contributed by atoms with van der Waals surface area (Å²) < 4.78 is 6.70. The molecule has 2 aliphatic rings. The van der Waals surface area contributed by atoms with Crippen molar-refractivity contribution in [1.82, 2.24) is 0 Å². The average molecular weight is 746 g/mol. The summed E-state index contributed by atoms with van der Waals surface area (Å²) in [4.78, 5) is 2.34. The van der Waals surface area contributed by atoms with Gasteiger partial charge in [0.25, 0.3) is 0 Å². The number of hydrogen-bond acceptors (Lipinski definition) is 2. The Bertz CT molecular complexity index is 2780. The molecular weight excluding hydrogens is 703 g/mol. The lowest BCUT2D eigenvalue weighted by Crippen LogP contribution is -2.32. The van der Waals surface area contributed by atoms with Gasteiger partial charge in [-0.05, 0) is 110 Å². The fourth-order valence-electron chi connectivity index (χ4n) is 9.15. The third-order valence-corrected chi connectivity index (χ3v) is 11.8. The molecule has 58 heavy (non-hydrogen) atoms. The lowest BCUT2D eigenvalue weighted by molar-refractivity contribution is 0.436. The van der Waals surface area contributed by atoms with Crippen molar-refractivity contribution in [3.8, 4) is 56.0 Å². The van der Waals surface area contributed by atoms with Crippen LogP contribution in [0, 0.1) is 0 Å². The topological polar surface area (TPSA) is 12.5 Å². The Kier molecular flexibility index (Phi) is 8.61. The normalized spacial score (nSPS) is 12.6. The van der Waals surface area contributed by atoms with Gasteiger partial charge in [-0.2, -0.15) is 0 Å². The summed E-state index contributed by atoms with van der Waals surface area (Å²) in [5.74, 6) is 1.80. The lowest BCUT2D eigenvalue weighted by Gasteiger charge is -2.39. The summed E-state index contributed by atoms with van der Waals surface area (Å²) in [7, 11) is 0. The third-order valence-electron chi connectivity index (χ3n) is 11.8. The highest BCUT2D eigenvalue weighted by Crippen LogP contribution is 2.62. The maximum atomic E-state index is 6.70. The number of nitrogens with zero attached hydrogens (tertiary/aromatic N) is 1. The van der Waals surface area contributed by atoms with Crippen LogP contribution in [-0.2, 0) is 5.41 Å². The zero-order valence-corrected chi connectivity index (χ0v) is 31.2. The van der Waals surface area contributed by atoms with E-state index in [0.717, 1.165) is 39.7 Å². The summed E-state index contributed by atoms with van der Waals surface area (Å²) in [6.07, 6.45) is 0. The van der Waals surface area contributed by atoms with E-state index in [1.807, 2.05) is 0 Å². The highest BCUT2D eigenvalue weighted by molar-refractivity contribution is 5.89. The van der Waals surface area contributed by atoms with Gasteiger partial charge in [0.1, 0.15) is 11.5 Å². The molecule has 0 unspecified atom stereocenters. The fourth-order valence-corrected chi connectivity index (χ4v) is 9.15. The number of para-hydroxylation sites is 1. The van der Waals surface area contributed by atoms with Gasteiger partial charge in [0, 0.05) is 29.6 Å². The van der Waals surface area contributed by atoms with Crippen LogP contribution in [0.2, 0.25) is 0 Å². The Morgan fingerprint density at radius 1 is 0.310 bits per heavy atom. The van der Waals surface area contributed by atoms with Gasteiger partial charge in [-0.25, -0.2) is 0 Å². The number of anilines is 3. The molecule has 278 valence electrons. The van der Waals surface area contributed by atoms with Gasteiger partial charge in [-0.1, -0.05) is 177 Å². The second-order valence-electron chi connectivity index (χ2n) is 14.9. The summed E-state index contributed by atoms with van der Waals surface area (Å²) >= 11 is 0. The van der Waals surface area contributed by atoms with Crippen LogP contribution in [0.4, 0.5) is 17.1 Å². The van der Waals surface area contributed by atoms with Gasteiger partial charge in [-0.3, -0.25) is 0 Å². The smallest absolute Gasteiger partial charge is 0.132 e. The monoisotopic (exact) mass is 745 g/mol. The van der Waals surface area contributed by atoms with E-state index in [4.69, 9.17) is 4.74 Å². The minimum absolute atomic E-state index is 0. The van der Waals surface area contributed by atoms with Crippen molar-refractivity contribution in [3.63, 3.8) is 0 Å². The van der Waals surface area contributed by atoms with Crippen molar-refractivity contribution in [2.24, 2.45) is 0 Å². The third kappa shape index (κ3) is 5.56. The lowest BCUT2D eigenvalue weighted by atomic mass is 9.66. The van der Waals surface area contributed by atoms with E-state index in [0.29, 0.717) is 0 Å². The molecular formula is C56H43NO. The number of ether oxygens (including phenoxy) is 1. The van der Waals surface area contributed by atoms with E-state index in [1.165, 1.54) is 55.6 Å². The van der Waals surface area contributed by atoms with Crippen molar-refractivity contribution in [2.45, 2.75) is 12.8 Å². The van der Waals surface area contributed by atoms with Gasteiger partial charge in [-0.15, -0.1) is 0 Å². The summed E-state index contributed by atoms with van der Waals surface area (Å²) in [5, 5.41) is 0. The Hall–Kier alpha value is -7.42. The van der Waals surface area contributed by atoms with Crippen molar-refractivity contribution in [2.75, 3.05) is 4.90 Å². The number of hydrogen-bond donors (Lipinski definition) is 0. The van der Waals surface area contributed by atoms with Crippen molar-refractivity contribution in [3.05, 3.63) is 247 Å². The molecule has 9 aromatic carbocycles. The van der Waals surface area contributed by atoms with E-state index in [1.54, 1.807) is 0 Å². The molecule has 1 aliphatic carbocycles. The van der Waals surface area contributed by atoms with Crippen LogP contribution in [0.1, 0.15) is 31.1 Å². The predicted octanol–water partition coefficient (Wildman–Crippen LogP) is 15.5. The largest absolute Gasteiger partial charge is 0.457 e. The molecule has 1 heterocycles. The number of rotatable bonds is 6. The predicted molar refractivity (Wildman–Crippen MR) is 244 cm³/mol. The maximum absolute atomic E-state index is 6.70. The first-order valence-corrected chi connectivity index (χ1v) is 19.6. The fraction of sp³-hybridized carbons (Fsp3) is 0.0357. The summed E-state index contributed by atoms with van der Waals surface area (Å²) in [5.41, 5.74) is 17.4. The summed E-state index contributed by atoms with van der Waals surface area (Å²) in [6, 6.07) is 80.9. The van der Waals surface area contributed by atoms with E-state index >= 15 is 0 Å². The first-order valence-electron chi connectivity index (χ1n) is 19.6. The molecule has 0 radical (unpaired) electrons. The van der Waals surface area contributed by atoms with Crippen LogP contribution in [-0.4, -0.2) is 0 Å². The van der Waals surface area contributed by atoms with E-state index in [9.17, 15) is 0 Å². The van der Waals surface area contributed by atoms with Crippen molar-refractivity contribution < 1.29 is 6.16 Å². The molecule has 2 nitrogen and oxygen atoms in total. The molecule has 0 saturated heterocycles. The minimum atomic E-state index is -0.498. The van der Waals surface area contributed by atoms with Crippen LogP contribution in [0.3, 0.4) is 0 Å². The van der Waals surface area contributed by atoms with Gasteiger partial charge < -0.3 is 9.64 Å². The Morgan fingerprint density at radius 2 is 0.672 bits per heavy atom. The Labute approximate surface area is 342 Å². The quantitative estimate of drug-likeness (QED) is 0.168. The molecule has 0 N–H and O–H groups in total. The Balaban J connectivity index is 0.00000224. The van der Waals surface area contributed by atoms with Gasteiger partial charge in [0.2, 0.25) is 0 Å². The highest BCUT2D eigenvalue weighted by Gasteiger charge is 2.51. The highest BCUT2D eigenvalue weighted by atomic mass is 16.5. The Morgan fingerprint density at radius 3 is 1.17 bits per heavy atom.